The van der Waals surface area contributed by atoms with E-state index < -0.39 is 39.8 Å². The fraction of sp³-hybridized carbons (Fsp3) is 0.852. The van der Waals surface area contributed by atoms with Crippen LogP contribution in [0.2, 0.25) is 36.3 Å². The maximum absolute atomic E-state index is 13.0. The fourth-order valence-electron chi connectivity index (χ4n) is 3.81. The molecule has 0 heterocycles. The minimum Gasteiger partial charge on any atom is -0.460 e. The largest absolute Gasteiger partial charge is 0.460 e. The maximum Gasteiger partial charge on any atom is 0.310 e. The number of rotatable bonds is 7. The monoisotopic (exact) mass is 528 g/mol. The molecular weight excluding hydrogens is 476 g/mol. The van der Waals surface area contributed by atoms with E-state index in [0.29, 0.717) is 18.4 Å². The molecule has 1 rings (SSSR count). The standard InChI is InChI=1S/C27H52O6Si2/c1-19-22(33-35(14,15)26(9,10)11)16-21(32-34(12,13)25(6,7)8)17-27(19,30-20(2)28)18-23(29)31-24(3,4)5/h21-22H,1,16-18H2,2-15H3/t21-,22-,27?/m0/s1. The number of carbonyl (C=O) groups is 2. The molecule has 1 unspecified atom stereocenters. The molecule has 3 atom stereocenters. The van der Waals surface area contributed by atoms with Crippen molar-refractivity contribution in [2.75, 3.05) is 0 Å². The van der Waals surface area contributed by atoms with Gasteiger partial charge in [0.15, 0.2) is 16.6 Å². The van der Waals surface area contributed by atoms with Gasteiger partial charge in [0.05, 0.1) is 18.6 Å². The van der Waals surface area contributed by atoms with Crippen molar-refractivity contribution in [3.63, 3.8) is 0 Å². The molecule has 0 aliphatic heterocycles. The number of carbonyl (C=O) groups excluding carboxylic acids is 2. The van der Waals surface area contributed by atoms with E-state index in [0.717, 1.165) is 0 Å². The SMILES string of the molecule is C=C1[C@@H](O[Si](C)(C)C(C)(C)C)C[C@H](O[Si](C)(C)C(C)(C)C)CC1(CC(=O)OC(C)(C)C)OC(C)=O. The van der Waals surface area contributed by atoms with E-state index in [-0.39, 0.29) is 28.7 Å². The second-order valence-electron chi connectivity index (χ2n) is 14.2. The van der Waals surface area contributed by atoms with Gasteiger partial charge in [-0.15, -0.1) is 0 Å². The van der Waals surface area contributed by atoms with Crippen LogP contribution in [0.15, 0.2) is 12.2 Å². The molecule has 6 nitrogen and oxygen atoms in total. The Hall–Kier alpha value is -0.966. The molecule has 0 aromatic rings. The topological polar surface area (TPSA) is 71.1 Å². The number of esters is 2. The van der Waals surface area contributed by atoms with E-state index in [9.17, 15) is 9.59 Å². The Labute approximate surface area is 216 Å². The van der Waals surface area contributed by atoms with Gasteiger partial charge in [-0.2, -0.15) is 0 Å². The summed E-state index contributed by atoms with van der Waals surface area (Å²) in [5.41, 5.74) is -1.27. The Morgan fingerprint density at radius 1 is 0.914 bits per heavy atom. The van der Waals surface area contributed by atoms with Crippen LogP contribution in [0.5, 0.6) is 0 Å². The summed E-state index contributed by atoms with van der Waals surface area (Å²) >= 11 is 0. The predicted octanol–water partition coefficient (Wildman–Crippen LogP) is 7.15. The van der Waals surface area contributed by atoms with Crippen molar-refractivity contribution in [1.82, 2.24) is 0 Å². The highest BCUT2D eigenvalue weighted by Gasteiger charge is 2.53. The first-order chi connectivity index (χ1) is 15.3. The molecule has 0 aromatic heterocycles. The molecule has 0 N–H and O–H groups in total. The summed E-state index contributed by atoms with van der Waals surface area (Å²) in [5, 5.41) is -0.0116. The third kappa shape index (κ3) is 8.54. The van der Waals surface area contributed by atoms with Gasteiger partial charge in [-0.1, -0.05) is 48.1 Å². The molecule has 0 saturated heterocycles. The number of ether oxygens (including phenoxy) is 2. The number of hydrogen-bond donors (Lipinski definition) is 0. The molecule has 1 saturated carbocycles. The Morgan fingerprint density at radius 3 is 1.77 bits per heavy atom. The molecule has 0 spiro atoms. The van der Waals surface area contributed by atoms with Crippen LogP contribution < -0.4 is 0 Å². The lowest BCUT2D eigenvalue weighted by atomic mass is 9.75. The minimum atomic E-state index is -2.20. The molecule has 204 valence electrons. The van der Waals surface area contributed by atoms with Gasteiger partial charge in [0.1, 0.15) is 11.2 Å². The smallest absolute Gasteiger partial charge is 0.310 e. The van der Waals surface area contributed by atoms with Gasteiger partial charge < -0.3 is 18.3 Å². The van der Waals surface area contributed by atoms with Crippen LogP contribution in [0.1, 0.15) is 88.5 Å². The Balaban J connectivity index is 3.53. The van der Waals surface area contributed by atoms with Gasteiger partial charge in [-0.05, 0) is 62.6 Å². The van der Waals surface area contributed by atoms with E-state index in [1.54, 1.807) is 0 Å². The summed E-state index contributed by atoms with van der Waals surface area (Å²) in [6.45, 7) is 33.2. The highest BCUT2D eigenvalue weighted by Crippen LogP contribution is 2.47. The normalized spacial score (nSPS) is 24.8. The van der Waals surface area contributed by atoms with Crippen molar-refractivity contribution in [2.24, 2.45) is 0 Å². The molecular formula is C27H52O6Si2. The van der Waals surface area contributed by atoms with Crippen LogP contribution in [0.3, 0.4) is 0 Å². The molecule has 35 heavy (non-hydrogen) atoms. The first kappa shape index (κ1) is 32.1. The van der Waals surface area contributed by atoms with Crippen LogP contribution in [-0.2, 0) is 27.9 Å². The molecule has 0 amide bonds. The number of hydrogen-bond acceptors (Lipinski definition) is 6. The van der Waals surface area contributed by atoms with Crippen molar-refractivity contribution in [3.05, 3.63) is 12.2 Å². The molecule has 0 aromatic carbocycles. The second kappa shape index (κ2) is 10.4. The summed E-state index contributed by atoms with van der Waals surface area (Å²) in [4.78, 5) is 25.4. The zero-order chi connectivity index (χ0) is 27.8. The van der Waals surface area contributed by atoms with Crippen LogP contribution in [-0.4, -0.2) is 52.0 Å². The zero-order valence-electron chi connectivity index (χ0n) is 24.9. The van der Waals surface area contributed by atoms with Gasteiger partial charge in [0, 0.05) is 19.8 Å². The van der Waals surface area contributed by atoms with E-state index >= 15 is 0 Å². The van der Waals surface area contributed by atoms with Gasteiger partial charge in [0.2, 0.25) is 0 Å². The van der Waals surface area contributed by atoms with E-state index in [1.165, 1.54) is 6.92 Å². The lowest BCUT2D eigenvalue weighted by Gasteiger charge is -2.50. The van der Waals surface area contributed by atoms with E-state index in [1.807, 2.05) is 20.8 Å². The van der Waals surface area contributed by atoms with Crippen molar-refractivity contribution >= 4 is 28.6 Å². The summed E-state index contributed by atoms with van der Waals surface area (Å²) < 4.78 is 25.3. The van der Waals surface area contributed by atoms with Crippen molar-refractivity contribution in [2.45, 2.75) is 148 Å². The van der Waals surface area contributed by atoms with Gasteiger partial charge in [0.25, 0.3) is 0 Å². The Morgan fingerprint density at radius 2 is 1.37 bits per heavy atom. The summed E-state index contributed by atoms with van der Waals surface area (Å²) in [7, 11) is -4.35. The first-order valence-corrected chi connectivity index (χ1v) is 18.6. The third-order valence-electron chi connectivity index (χ3n) is 7.71. The summed E-state index contributed by atoms with van der Waals surface area (Å²) in [5.74, 6) is -0.896. The van der Waals surface area contributed by atoms with Crippen LogP contribution in [0, 0.1) is 0 Å². The van der Waals surface area contributed by atoms with Gasteiger partial charge in [-0.25, -0.2) is 0 Å². The van der Waals surface area contributed by atoms with Crippen LogP contribution in [0.25, 0.3) is 0 Å². The third-order valence-corrected chi connectivity index (χ3v) is 16.7. The lowest BCUT2D eigenvalue weighted by molar-refractivity contribution is -0.172. The Bertz CT molecular complexity index is 798. The fourth-order valence-corrected chi connectivity index (χ4v) is 6.48. The van der Waals surface area contributed by atoms with Crippen molar-refractivity contribution in [1.29, 1.82) is 0 Å². The molecule has 1 aliphatic rings. The minimum absolute atomic E-state index is 0.00645. The molecule has 1 fully saturated rings. The van der Waals surface area contributed by atoms with Gasteiger partial charge in [-0.3, -0.25) is 9.59 Å². The van der Waals surface area contributed by atoms with Crippen LogP contribution >= 0.6 is 0 Å². The quantitative estimate of drug-likeness (QED) is 0.198. The molecule has 0 radical (unpaired) electrons. The molecule has 8 heteroatoms. The van der Waals surface area contributed by atoms with Crippen LogP contribution in [0.4, 0.5) is 0 Å². The summed E-state index contributed by atoms with van der Waals surface area (Å²) in [6.07, 6.45) is 0.236. The average molecular weight is 529 g/mol. The maximum atomic E-state index is 13.0. The average Bonchev–Trinajstić information content (AvgIpc) is 2.54. The predicted molar refractivity (Wildman–Crippen MR) is 147 cm³/mol. The lowest BCUT2D eigenvalue weighted by Crippen LogP contribution is -2.56. The zero-order valence-corrected chi connectivity index (χ0v) is 26.9. The van der Waals surface area contributed by atoms with E-state index in [4.69, 9.17) is 18.3 Å². The highest BCUT2D eigenvalue weighted by atomic mass is 28.4. The van der Waals surface area contributed by atoms with Gasteiger partial charge >= 0.3 is 11.9 Å². The second-order valence-corrected chi connectivity index (χ2v) is 23.7. The Kier molecular flexibility index (Phi) is 9.55. The summed E-state index contributed by atoms with van der Waals surface area (Å²) in [6, 6.07) is 0. The molecule has 0 bridgehead atoms. The highest BCUT2D eigenvalue weighted by molar-refractivity contribution is 6.74. The van der Waals surface area contributed by atoms with E-state index in [2.05, 4.69) is 74.3 Å². The first-order valence-electron chi connectivity index (χ1n) is 12.8. The van der Waals surface area contributed by atoms with Crippen molar-refractivity contribution < 1.29 is 27.9 Å². The molecule has 1 aliphatic carbocycles. The van der Waals surface area contributed by atoms with Crippen molar-refractivity contribution in [3.8, 4) is 0 Å².